The molecule has 0 amide bonds. The number of aliphatic hydroxyl groups excluding tert-OH is 1. The monoisotopic (exact) mass is 240 g/mol. The van der Waals surface area contributed by atoms with E-state index in [1.807, 2.05) is 6.92 Å². The summed E-state index contributed by atoms with van der Waals surface area (Å²) in [7, 11) is 1.65. The molecule has 0 aromatic carbocycles. The van der Waals surface area contributed by atoms with Gasteiger partial charge in [-0.1, -0.05) is 6.92 Å². The second kappa shape index (κ2) is 6.00. The molecule has 94 valence electrons. The van der Waals surface area contributed by atoms with E-state index in [2.05, 4.69) is 15.6 Å². The molecule has 0 bridgehead atoms. The van der Waals surface area contributed by atoms with E-state index in [1.54, 1.807) is 7.05 Å². The number of nitro groups is 1. The summed E-state index contributed by atoms with van der Waals surface area (Å²) >= 11 is 0. The number of aromatic nitrogens is 1. The second-order valence-corrected chi connectivity index (χ2v) is 3.77. The quantitative estimate of drug-likeness (QED) is 0.508. The van der Waals surface area contributed by atoms with Crippen LogP contribution in [-0.4, -0.2) is 35.2 Å². The highest BCUT2D eigenvalue weighted by Gasteiger charge is 2.11. The molecule has 0 saturated heterocycles. The van der Waals surface area contributed by atoms with Gasteiger partial charge in [0.05, 0.1) is 17.1 Å². The Morgan fingerprint density at radius 1 is 1.53 bits per heavy atom. The van der Waals surface area contributed by atoms with Gasteiger partial charge < -0.3 is 15.7 Å². The minimum Gasteiger partial charge on any atom is -0.396 e. The molecule has 3 N–H and O–H groups in total. The Hall–Kier alpha value is -1.89. The first-order valence-corrected chi connectivity index (χ1v) is 5.25. The zero-order valence-corrected chi connectivity index (χ0v) is 9.80. The summed E-state index contributed by atoms with van der Waals surface area (Å²) in [6, 6.07) is 2.73. The van der Waals surface area contributed by atoms with Gasteiger partial charge >= 0.3 is 0 Å². The third-order valence-corrected chi connectivity index (χ3v) is 2.22. The fourth-order valence-corrected chi connectivity index (χ4v) is 1.18. The van der Waals surface area contributed by atoms with E-state index < -0.39 is 4.92 Å². The topological polar surface area (TPSA) is 100 Å². The van der Waals surface area contributed by atoms with Gasteiger partial charge in [0.25, 0.3) is 5.69 Å². The molecule has 1 heterocycles. The van der Waals surface area contributed by atoms with Crippen molar-refractivity contribution in [2.24, 2.45) is 5.92 Å². The molecule has 0 aliphatic carbocycles. The van der Waals surface area contributed by atoms with Crippen molar-refractivity contribution >= 4 is 17.3 Å². The third-order valence-electron chi connectivity index (χ3n) is 2.22. The zero-order valence-electron chi connectivity index (χ0n) is 9.80. The molecule has 0 saturated carbocycles. The summed E-state index contributed by atoms with van der Waals surface area (Å²) in [4.78, 5) is 14.4. The largest absolute Gasteiger partial charge is 0.396 e. The average molecular weight is 240 g/mol. The van der Waals surface area contributed by atoms with Gasteiger partial charge in [-0.2, -0.15) is 0 Å². The Labute approximate surface area is 99.0 Å². The summed E-state index contributed by atoms with van der Waals surface area (Å²) < 4.78 is 0. The van der Waals surface area contributed by atoms with Crippen LogP contribution in [0, 0.1) is 16.0 Å². The lowest BCUT2D eigenvalue weighted by Crippen LogP contribution is -2.15. The summed E-state index contributed by atoms with van der Waals surface area (Å²) in [5, 5.41) is 25.3. The normalized spacial score (nSPS) is 11.9. The lowest BCUT2D eigenvalue weighted by molar-refractivity contribution is -0.384. The maximum absolute atomic E-state index is 10.7. The molecule has 17 heavy (non-hydrogen) atoms. The molecule has 1 atom stereocenters. The first-order chi connectivity index (χ1) is 8.06. The summed E-state index contributed by atoms with van der Waals surface area (Å²) in [5.74, 6) is 0.913. The predicted octanol–water partition coefficient (Wildman–Crippen LogP) is 1.07. The van der Waals surface area contributed by atoms with Crippen LogP contribution in [-0.2, 0) is 0 Å². The summed E-state index contributed by atoms with van der Waals surface area (Å²) in [6.07, 6.45) is 0. The van der Waals surface area contributed by atoms with Gasteiger partial charge in [0.2, 0.25) is 0 Å². The van der Waals surface area contributed by atoms with E-state index in [4.69, 9.17) is 5.11 Å². The number of rotatable bonds is 6. The van der Waals surface area contributed by atoms with E-state index in [-0.39, 0.29) is 18.2 Å². The summed E-state index contributed by atoms with van der Waals surface area (Å²) in [6.45, 7) is 2.43. The highest BCUT2D eigenvalue weighted by Crippen LogP contribution is 2.20. The van der Waals surface area contributed by atoms with Gasteiger partial charge in [0, 0.05) is 20.2 Å². The molecular formula is C10H16N4O3. The van der Waals surface area contributed by atoms with Crippen LogP contribution in [0.3, 0.4) is 0 Å². The number of hydrogen-bond acceptors (Lipinski definition) is 6. The van der Waals surface area contributed by atoms with Crippen molar-refractivity contribution in [2.45, 2.75) is 6.92 Å². The van der Waals surface area contributed by atoms with E-state index in [0.717, 1.165) is 0 Å². The Balaban J connectivity index is 2.83. The minimum absolute atomic E-state index is 0.0245. The maximum Gasteiger partial charge on any atom is 0.276 e. The number of nitrogens with zero attached hydrogens (tertiary/aromatic N) is 2. The van der Waals surface area contributed by atoms with E-state index >= 15 is 0 Å². The third kappa shape index (κ3) is 3.87. The van der Waals surface area contributed by atoms with Gasteiger partial charge in [-0.05, 0) is 5.92 Å². The first kappa shape index (κ1) is 13.2. The molecule has 1 aromatic heterocycles. The van der Waals surface area contributed by atoms with Crippen molar-refractivity contribution in [3.05, 3.63) is 22.2 Å². The Bertz CT molecular complexity index is 397. The van der Waals surface area contributed by atoms with Gasteiger partial charge in [0.15, 0.2) is 0 Å². The number of pyridine rings is 1. The van der Waals surface area contributed by atoms with Crippen molar-refractivity contribution in [1.82, 2.24) is 4.98 Å². The number of nitrogens with one attached hydrogen (secondary N) is 2. The molecule has 0 spiro atoms. The smallest absolute Gasteiger partial charge is 0.276 e. The molecule has 1 unspecified atom stereocenters. The predicted molar refractivity (Wildman–Crippen MR) is 65.2 cm³/mol. The molecule has 1 aromatic rings. The molecule has 0 aliphatic heterocycles. The van der Waals surface area contributed by atoms with E-state index in [9.17, 15) is 10.1 Å². The Morgan fingerprint density at radius 2 is 2.18 bits per heavy atom. The number of anilines is 2. The van der Waals surface area contributed by atoms with Crippen LogP contribution < -0.4 is 10.6 Å². The van der Waals surface area contributed by atoms with Crippen molar-refractivity contribution in [2.75, 3.05) is 30.8 Å². The van der Waals surface area contributed by atoms with Crippen molar-refractivity contribution in [3.63, 3.8) is 0 Å². The lowest BCUT2D eigenvalue weighted by atomic mass is 10.2. The standard InChI is InChI=1S/C10H16N4O3/c1-7(6-15)5-12-10-4-8(14(16)17)3-9(11-2)13-10/h3-4,7,15H,5-6H2,1-2H3,(H2,11,12,13). The van der Waals surface area contributed by atoms with Crippen LogP contribution in [0.25, 0.3) is 0 Å². The fraction of sp³-hybridized carbons (Fsp3) is 0.500. The van der Waals surface area contributed by atoms with Gasteiger partial charge in [-0.3, -0.25) is 10.1 Å². The van der Waals surface area contributed by atoms with Crippen LogP contribution in [0.4, 0.5) is 17.3 Å². The second-order valence-electron chi connectivity index (χ2n) is 3.77. The van der Waals surface area contributed by atoms with Crippen LogP contribution in [0.15, 0.2) is 12.1 Å². The van der Waals surface area contributed by atoms with E-state index in [0.29, 0.717) is 18.2 Å². The molecule has 0 radical (unpaired) electrons. The molecule has 0 aliphatic rings. The van der Waals surface area contributed by atoms with Gasteiger partial charge in [-0.25, -0.2) is 4.98 Å². The van der Waals surface area contributed by atoms with Gasteiger partial charge in [-0.15, -0.1) is 0 Å². The van der Waals surface area contributed by atoms with Crippen molar-refractivity contribution in [1.29, 1.82) is 0 Å². The van der Waals surface area contributed by atoms with Crippen LogP contribution in [0.1, 0.15) is 6.92 Å². The maximum atomic E-state index is 10.7. The fourth-order valence-electron chi connectivity index (χ4n) is 1.18. The minimum atomic E-state index is -0.469. The Kier molecular flexibility index (Phi) is 4.65. The highest BCUT2D eigenvalue weighted by molar-refractivity contribution is 5.54. The molecule has 7 heteroatoms. The lowest BCUT2D eigenvalue weighted by Gasteiger charge is -2.11. The first-order valence-electron chi connectivity index (χ1n) is 5.25. The van der Waals surface area contributed by atoms with E-state index in [1.165, 1.54) is 12.1 Å². The number of hydrogen-bond donors (Lipinski definition) is 3. The highest BCUT2D eigenvalue weighted by atomic mass is 16.6. The van der Waals surface area contributed by atoms with Crippen LogP contribution in [0.2, 0.25) is 0 Å². The van der Waals surface area contributed by atoms with Crippen LogP contribution in [0.5, 0.6) is 0 Å². The van der Waals surface area contributed by atoms with Gasteiger partial charge in [0.1, 0.15) is 11.6 Å². The number of aliphatic hydroxyl groups is 1. The zero-order chi connectivity index (χ0) is 12.8. The SMILES string of the molecule is CNc1cc([N+](=O)[O-])cc(NCC(C)CO)n1. The molecule has 7 nitrogen and oxygen atoms in total. The van der Waals surface area contributed by atoms with Crippen molar-refractivity contribution in [3.8, 4) is 0 Å². The molecular weight excluding hydrogens is 224 g/mol. The summed E-state index contributed by atoms with van der Waals surface area (Å²) in [5.41, 5.74) is -0.0245. The Morgan fingerprint density at radius 3 is 2.71 bits per heavy atom. The van der Waals surface area contributed by atoms with Crippen LogP contribution >= 0.6 is 0 Å². The molecule has 1 rings (SSSR count). The average Bonchev–Trinajstić information content (AvgIpc) is 2.35. The molecule has 0 fully saturated rings. The van der Waals surface area contributed by atoms with Crippen molar-refractivity contribution < 1.29 is 10.0 Å².